The van der Waals surface area contributed by atoms with Crippen LogP contribution in [0.25, 0.3) is 0 Å². The summed E-state index contributed by atoms with van der Waals surface area (Å²) in [4.78, 5) is 6.76. The molecule has 1 aliphatic rings. The van der Waals surface area contributed by atoms with E-state index in [-0.39, 0.29) is 6.04 Å². The van der Waals surface area contributed by atoms with Crippen LogP contribution in [0, 0.1) is 12.8 Å². The van der Waals surface area contributed by atoms with Crippen LogP contribution < -0.4 is 5.73 Å². The quantitative estimate of drug-likeness (QED) is 0.879. The molecular formula is C12H21N3OS. The van der Waals surface area contributed by atoms with Gasteiger partial charge in [0, 0.05) is 37.0 Å². The van der Waals surface area contributed by atoms with Crippen LogP contribution in [0.15, 0.2) is 5.38 Å². The molecule has 0 aromatic carbocycles. The zero-order chi connectivity index (χ0) is 12.3. The lowest BCUT2D eigenvalue weighted by Gasteiger charge is -2.31. The lowest BCUT2D eigenvalue weighted by Crippen LogP contribution is -2.44. The molecule has 17 heavy (non-hydrogen) atoms. The van der Waals surface area contributed by atoms with E-state index in [9.17, 15) is 0 Å². The van der Waals surface area contributed by atoms with Gasteiger partial charge in [-0.25, -0.2) is 4.98 Å². The van der Waals surface area contributed by atoms with E-state index in [0.717, 1.165) is 43.4 Å². The Morgan fingerprint density at radius 1 is 1.65 bits per heavy atom. The van der Waals surface area contributed by atoms with E-state index in [0.29, 0.717) is 5.92 Å². The number of aromatic nitrogens is 1. The minimum Gasteiger partial charge on any atom is -0.381 e. The second-order valence-corrected chi connectivity index (χ2v) is 5.90. The molecule has 0 radical (unpaired) electrons. The van der Waals surface area contributed by atoms with E-state index >= 15 is 0 Å². The standard InChI is InChI=1S/C12H21N3OS/c1-9-14-11(8-17-9)6-15(2)5-10-7-16-4-3-12(10)13/h8,10,12H,3-7,13H2,1-2H3. The highest BCUT2D eigenvalue weighted by molar-refractivity contribution is 7.09. The van der Waals surface area contributed by atoms with Gasteiger partial charge in [0.1, 0.15) is 0 Å². The Morgan fingerprint density at radius 3 is 3.12 bits per heavy atom. The van der Waals surface area contributed by atoms with Gasteiger partial charge in [-0.05, 0) is 20.4 Å². The molecule has 2 heterocycles. The van der Waals surface area contributed by atoms with Crippen molar-refractivity contribution in [1.82, 2.24) is 9.88 Å². The summed E-state index contributed by atoms with van der Waals surface area (Å²) in [6, 6.07) is 0.281. The van der Waals surface area contributed by atoms with E-state index in [1.54, 1.807) is 11.3 Å². The van der Waals surface area contributed by atoms with E-state index in [1.807, 2.05) is 6.92 Å². The maximum absolute atomic E-state index is 6.10. The third-order valence-corrected chi connectivity index (χ3v) is 4.00. The Kier molecular flexibility index (Phi) is 4.50. The van der Waals surface area contributed by atoms with E-state index < -0.39 is 0 Å². The SMILES string of the molecule is Cc1nc(CN(C)CC2COCCC2N)cs1. The normalized spacial score (nSPS) is 25.4. The van der Waals surface area contributed by atoms with Crippen LogP contribution in [0.5, 0.6) is 0 Å². The van der Waals surface area contributed by atoms with Gasteiger partial charge in [-0.15, -0.1) is 11.3 Å². The number of aryl methyl sites for hydroxylation is 1. The Labute approximate surface area is 107 Å². The highest BCUT2D eigenvalue weighted by atomic mass is 32.1. The molecule has 96 valence electrons. The monoisotopic (exact) mass is 255 g/mol. The first kappa shape index (κ1) is 13.0. The summed E-state index contributed by atoms with van der Waals surface area (Å²) in [6.45, 7) is 5.53. The summed E-state index contributed by atoms with van der Waals surface area (Å²) in [5.41, 5.74) is 7.26. The van der Waals surface area contributed by atoms with Crippen LogP contribution in [-0.4, -0.2) is 42.7 Å². The molecule has 1 aromatic rings. The number of rotatable bonds is 4. The summed E-state index contributed by atoms with van der Waals surface area (Å²) < 4.78 is 5.49. The summed E-state index contributed by atoms with van der Waals surface area (Å²) in [5.74, 6) is 0.452. The third kappa shape index (κ3) is 3.74. The molecule has 1 aliphatic heterocycles. The average molecular weight is 255 g/mol. The van der Waals surface area contributed by atoms with Gasteiger partial charge in [0.15, 0.2) is 0 Å². The molecule has 2 atom stereocenters. The second-order valence-electron chi connectivity index (χ2n) is 4.84. The van der Waals surface area contributed by atoms with Crippen molar-refractivity contribution in [2.24, 2.45) is 11.7 Å². The largest absolute Gasteiger partial charge is 0.381 e. The first-order valence-corrected chi connectivity index (χ1v) is 6.96. The number of hydrogen-bond acceptors (Lipinski definition) is 5. The molecule has 0 aliphatic carbocycles. The molecule has 0 spiro atoms. The molecule has 4 nitrogen and oxygen atoms in total. The van der Waals surface area contributed by atoms with Crippen LogP contribution in [0.3, 0.4) is 0 Å². The lowest BCUT2D eigenvalue weighted by molar-refractivity contribution is 0.0284. The van der Waals surface area contributed by atoms with Gasteiger partial charge in [0.2, 0.25) is 0 Å². The fourth-order valence-electron chi connectivity index (χ4n) is 2.22. The van der Waals surface area contributed by atoms with Gasteiger partial charge in [-0.3, -0.25) is 0 Å². The molecule has 2 rings (SSSR count). The Balaban J connectivity index is 1.82. The van der Waals surface area contributed by atoms with Crippen molar-refractivity contribution in [1.29, 1.82) is 0 Å². The van der Waals surface area contributed by atoms with E-state index in [2.05, 4.69) is 22.3 Å². The van der Waals surface area contributed by atoms with Crippen molar-refractivity contribution in [2.45, 2.75) is 25.9 Å². The zero-order valence-corrected chi connectivity index (χ0v) is 11.4. The van der Waals surface area contributed by atoms with Crippen molar-refractivity contribution in [3.05, 3.63) is 16.1 Å². The Morgan fingerprint density at radius 2 is 2.47 bits per heavy atom. The highest BCUT2D eigenvalue weighted by Crippen LogP contribution is 2.15. The average Bonchev–Trinajstić information content (AvgIpc) is 2.67. The number of nitrogens with two attached hydrogens (primary N) is 1. The van der Waals surface area contributed by atoms with Gasteiger partial charge < -0.3 is 15.4 Å². The van der Waals surface area contributed by atoms with Crippen LogP contribution >= 0.6 is 11.3 Å². The Bertz CT molecular complexity index is 355. The number of nitrogens with zero attached hydrogens (tertiary/aromatic N) is 2. The first-order chi connectivity index (χ1) is 8.15. The lowest BCUT2D eigenvalue weighted by atomic mass is 9.96. The second kappa shape index (κ2) is 5.91. The van der Waals surface area contributed by atoms with Crippen molar-refractivity contribution in [3.8, 4) is 0 Å². The third-order valence-electron chi connectivity index (χ3n) is 3.18. The molecule has 5 heteroatoms. The molecule has 2 N–H and O–H groups in total. The van der Waals surface area contributed by atoms with Crippen LogP contribution in [0.4, 0.5) is 0 Å². The topological polar surface area (TPSA) is 51.4 Å². The molecule has 2 unspecified atom stereocenters. The van der Waals surface area contributed by atoms with Gasteiger partial charge >= 0.3 is 0 Å². The molecule has 0 bridgehead atoms. The van der Waals surface area contributed by atoms with Gasteiger partial charge in [0.05, 0.1) is 17.3 Å². The van der Waals surface area contributed by atoms with Crippen LogP contribution in [0.2, 0.25) is 0 Å². The van der Waals surface area contributed by atoms with Crippen molar-refractivity contribution >= 4 is 11.3 Å². The van der Waals surface area contributed by atoms with E-state index in [4.69, 9.17) is 10.5 Å². The fraction of sp³-hybridized carbons (Fsp3) is 0.750. The summed E-state index contributed by atoms with van der Waals surface area (Å²) in [5, 5.41) is 3.26. The molecule has 1 aromatic heterocycles. The fourth-order valence-corrected chi connectivity index (χ4v) is 2.83. The maximum Gasteiger partial charge on any atom is 0.0897 e. The van der Waals surface area contributed by atoms with Crippen LogP contribution in [-0.2, 0) is 11.3 Å². The van der Waals surface area contributed by atoms with Crippen LogP contribution in [0.1, 0.15) is 17.1 Å². The zero-order valence-electron chi connectivity index (χ0n) is 10.6. The van der Waals surface area contributed by atoms with Gasteiger partial charge in [-0.2, -0.15) is 0 Å². The smallest absolute Gasteiger partial charge is 0.0897 e. The van der Waals surface area contributed by atoms with Crippen molar-refractivity contribution in [3.63, 3.8) is 0 Å². The molecule has 0 amide bonds. The van der Waals surface area contributed by atoms with Crippen molar-refractivity contribution < 1.29 is 4.74 Å². The first-order valence-electron chi connectivity index (χ1n) is 6.08. The summed E-state index contributed by atoms with van der Waals surface area (Å²) in [6.07, 6.45) is 0.980. The highest BCUT2D eigenvalue weighted by Gasteiger charge is 2.23. The Hall–Kier alpha value is -0.490. The van der Waals surface area contributed by atoms with E-state index in [1.165, 1.54) is 0 Å². The number of thiazole rings is 1. The van der Waals surface area contributed by atoms with Crippen molar-refractivity contribution in [2.75, 3.05) is 26.8 Å². The number of hydrogen-bond donors (Lipinski definition) is 1. The summed E-state index contributed by atoms with van der Waals surface area (Å²) in [7, 11) is 2.12. The molecule has 1 saturated heterocycles. The predicted octanol–water partition coefficient (Wildman–Crippen LogP) is 1.25. The minimum atomic E-state index is 0.281. The molecule has 0 saturated carbocycles. The molecule has 1 fully saturated rings. The maximum atomic E-state index is 6.10. The minimum absolute atomic E-state index is 0.281. The number of ether oxygens (including phenoxy) is 1. The van der Waals surface area contributed by atoms with Gasteiger partial charge in [0.25, 0.3) is 0 Å². The summed E-state index contributed by atoms with van der Waals surface area (Å²) >= 11 is 1.71. The molecular weight excluding hydrogens is 234 g/mol. The van der Waals surface area contributed by atoms with Gasteiger partial charge in [-0.1, -0.05) is 0 Å². The predicted molar refractivity (Wildman–Crippen MR) is 70.1 cm³/mol.